The minimum absolute atomic E-state index is 0.0825. The van der Waals surface area contributed by atoms with Gasteiger partial charge in [-0.25, -0.2) is 4.68 Å². The average molecular weight is 376 g/mol. The summed E-state index contributed by atoms with van der Waals surface area (Å²) < 4.78 is 1.46. The van der Waals surface area contributed by atoms with Crippen molar-refractivity contribution in [2.75, 3.05) is 18.9 Å². The summed E-state index contributed by atoms with van der Waals surface area (Å²) in [6, 6.07) is 8.19. The van der Waals surface area contributed by atoms with Gasteiger partial charge in [0.15, 0.2) is 5.82 Å². The molecule has 1 aromatic heterocycles. The maximum Gasteiger partial charge on any atom is 0.235 e. The van der Waals surface area contributed by atoms with Crippen LogP contribution in [-0.2, 0) is 10.2 Å². The first-order valence-electron chi connectivity index (χ1n) is 8.95. The summed E-state index contributed by atoms with van der Waals surface area (Å²) in [7, 11) is 0. The lowest BCUT2D eigenvalue weighted by Gasteiger charge is -2.22. The molecule has 1 aromatic carbocycles. The lowest BCUT2D eigenvalue weighted by molar-refractivity contribution is -0.129. The number of hydrogen-bond donors (Lipinski definition) is 1. The van der Waals surface area contributed by atoms with Crippen LogP contribution in [0.1, 0.15) is 47.1 Å². The van der Waals surface area contributed by atoms with E-state index in [0.29, 0.717) is 24.1 Å². The number of benzene rings is 1. The monoisotopic (exact) mass is 375 g/mol. The van der Waals surface area contributed by atoms with Gasteiger partial charge in [-0.15, -0.1) is 10.2 Å². The Hall–Kier alpha value is -2.02. The number of carbonyl (C=O) groups is 1. The highest BCUT2D eigenvalue weighted by Crippen LogP contribution is 2.28. The van der Waals surface area contributed by atoms with Crippen molar-refractivity contribution < 1.29 is 4.79 Å². The molecule has 26 heavy (non-hydrogen) atoms. The third kappa shape index (κ3) is 4.38. The number of carbonyl (C=O) groups excluding carboxylic acids is 1. The van der Waals surface area contributed by atoms with Crippen molar-refractivity contribution in [2.45, 2.75) is 57.4 Å². The van der Waals surface area contributed by atoms with Crippen molar-refractivity contribution in [3.8, 4) is 11.4 Å². The van der Waals surface area contributed by atoms with Crippen LogP contribution >= 0.6 is 11.8 Å². The van der Waals surface area contributed by atoms with Crippen molar-refractivity contribution in [1.82, 2.24) is 19.8 Å². The Morgan fingerprint density at radius 1 is 1.19 bits per heavy atom. The van der Waals surface area contributed by atoms with Gasteiger partial charge in [-0.1, -0.05) is 56.8 Å². The van der Waals surface area contributed by atoms with E-state index in [9.17, 15) is 4.79 Å². The number of amides is 1. The molecular weight excluding hydrogens is 346 g/mol. The Kier molecular flexibility index (Phi) is 6.34. The molecule has 1 heterocycles. The van der Waals surface area contributed by atoms with E-state index in [1.54, 1.807) is 4.90 Å². The van der Waals surface area contributed by atoms with Crippen LogP contribution in [0.4, 0.5) is 0 Å². The van der Waals surface area contributed by atoms with Gasteiger partial charge in [0.2, 0.25) is 11.1 Å². The lowest BCUT2D eigenvalue weighted by Crippen LogP contribution is -2.36. The highest BCUT2D eigenvalue weighted by atomic mass is 32.2. The number of aromatic nitrogens is 3. The smallest absolute Gasteiger partial charge is 0.235 e. The Labute approximate surface area is 160 Å². The number of thioether (sulfide) groups is 1. The minimum Gasteiger partial charge on any atom is -0.342 e. The van der Waals surface area contributed by atoms with Crippen LogP contribution in [0.15, 0.2) is 29.4 Å². The highest BCUT2D eigenvalue weighted by molar-refractivity contribution is 8.00. The van der Waals surface area contributed by atoms with Crippen LogP contribution in [-0.4, -0.2) is 44.0 Å². The highest BCUT2D eigenvalue weighted by Gasteiger charge is 2.23. The Bertz CT molecular complexity index is 744. The van der Waals surface area contributed by atoms with E-state index in [-0.39, 0.29) is 16.6 Å². The molecule has 0 saturated carbocycles. The van der Waals surface area contributed by atoms with Gasteiger partial charge in [0, 0.05) is 18.7 Å². The quantitative estimate of drug-likeness (QED) is 0.619. The van der Waals surface area contributed by atoms with Crippen molar-refractivity contribution in [3.05, 3.63) is 29.8 Å². The lowest BCUT2D eigenvalue weighted by atomic mass is 9.87. The van der Waals surface area contributed by atoms with Gasteiger partial charge in [0.25, 0.3) is 0 Å². The second-order valence-electron chi connectivity index (χ2n) is 7.27. The summed E-state index contributed by atoms with van der Waals surface area (Å²) in [5.41, 5.74) is 2.25. The van der Waals surface area contributed by atoms with Gasteiger partial charge < -0.3 is 10.7 Å². The molecule has 0 fully saturated rings. The zero-order valence-corrected chi connectivity index (χ0v) is 17.3. The molecule has 1 amide bonds. The number of nitrogens with two attached hydrogens (primary N) is 1. The van der Waals surface area contributed by atoms with Gasteiger partial charge >= 0.3 is 0 Å². The van der Waals surface area contributed by atoms with Crippen molar-refractivity contribution in [2.24, 2.45) is 0 Å². The molecule has 0 saturated heterocycles. The average Bonchev–Trinajstić information content (AvgIpc) is 2.96. The van der Waals surface area contributed by atoms with E-state index >= 15 is 0 Å². The first kappa shape index (κ1) is 20.3. The fraction of sp³-hybridized carbons (Fsp3) is 0.526. The van der Waals surface area contributed by atoms with Crippen LogP contribution in [0.25, 0.3) is 11.4 Å². The van der Waals surface area contributed by atoms with Gasteiger partial charge in [-0.3, -0.25) is 4.79 Å². The molecule has 2 rings (SSSR count). The van der Waals surface area contributed by atoms with Crippen molar-refractivity contribution >= 4 is 17.7 Å². The minimum atomic E-state index is -0.266. The van der Waals surface area contributed by atoms with E-state index < -0.39 is 0 Å². The Balaban J connectivity index is 2.18. The first-order chi connectivity index (χ1) is 12.2. The topological polar surface area (TPSA) is 77.0 Å². The Morgan fingerprint density at radius 3 is 2.27 bits per heavy atom. The predicted molar refractivity (Wildman–Crippen MR) is 108 cm³/mol. The zero-order valence-electron chi connectivity index (χ0n) is 16.5. The summed E-state index contributed by atoms with van der Waals surface area (Å²) in [6.07, 6.45) is 0. The number of rotatable bonds is 6. The van der Waals surface area contributed by atoms with E-state index in [4.69, 9.17) is 5.84 Å². The molecule has 0 radical (unpaired) electrons. The van der Waals surface area contributed by atoms with Crippen molar-refractivity contribution in [1.29, 1.82) is 0 Å². The molecule has 6 nitrogen and oxygen atoms in total. The van der Waals surface area contributed by atoms with E-state index in [0.717, 1.165) is 5.56 Å². The van der Waals surface area contributed by atoms with Crippen LogP contribution in [0, 0.1) is 0 Å². The molecule has 2 N–H and O–H groups in total. The first-order valence-corrected chi connectivity index (χ1v) is 9.83. The molecule has 1 atom stereocenters. The molecule has 0 bridgehead atoms. The maximum atomic E-state index is 12.4. The summed E-state index contributed by atoms with van der Waals surface area (Å²) in [5.74, 6) is 6.87. The molecule has 0 aliphatic carbocycles. The standard InChI is InChI=1S/C19H29N5OS/c1-7-23(8-2)17(25)13(3)26-18-22-21-16(24(18)20)14-9-11-15(12-10-14)19(4,5)6/h9-13H,7-8,20H2,1-6H3. The number of nitrogen functional groups attached to an aromatic ring is 1. The molecule has 2 aromatic rings. The normalized spacial score (nSPS) is 12.8. The van der Waals surface area contributed by atoms with Gasteiger partial charge in [0.05, 0.1) is 5.25 Å². The van der Waals surface area contributed by atoms with Crippen LogP contribution in [0.2, 0.25) is 0 Å². The summed E-state index contributed by atoms with van der Waals surface area (Å²) in [5, 5.41) is 8.66. The fourth-order valence-electron chi connectivity index (χ4n) is 2.67. The second-order valence-corrected chi connectivity index (χ2v) is 8.58. The largest absolute Gasteiger partial charge is 0.342 e. The summed E-state index contributed by atoms with van der Waals surface area (Å²) in [6.45, 7) is 13.7. The van der Waals surface area contributed by atoms with Crippen LogP contribution in [0.5, 0.6) is 0 Å². The van der Waals surface area contributed by atoms with Gasteiger partial charge in [-0.2, -0.15) is 0 Å². The maximum absolute atomic E-state index is 12.4. The van der Waals surface area contributed by atoms with E-state index in [2.05, 4.69) is 43.1 Å². The number of nitrogens with zero attached hydrogens (tertiary/aromatic N) is 4. The van der Waals surface area contributed by atoms with E-state index in [1.165, 1.54) is 22.0 Å². The molecule has 7 heteroatoms. The molecule has 142 valence electrons. The number of hydrogen-bond acceptors (Lipinski definition) is 5. The Morgan fingerprint density at radius 2 is 1.77 bits per heavy atom. The zero-order chi connectivity index (χ0) is 19.5. The third-order valence-electron chi connectivity index (χ3n) is 4.38. The SMILES string of the molecule is CCN(CC)C(=O)C(C)Sc1nnc(-c2ccc(C(C)(C)C)cc2)n1N. The van der Waals surface area contributed by atoms with Crippen molar-refractivity contribution in [3.63, 3.8) is 0 Å². The van der Waals surface area contributed by atoms with Crippen LogP contribution < -0.4 is 5.84 Å². The van der Waals surface area contributed by atoms with Gasteiger partial charge in [-0.05, 0) is 31.7 Å². The van der Waals surface area contributed by atoms with Crippen LogP contribution in [0.3, 0.4) is 0 Å². The third-order valence-corrected chi connectivity index (χ3v) is 5.42. The molecule has 1 unspecified atom stereocenters. The molecule has 0 aliphatic heterocycles. The van der Waals surface area contributed by atoms with Gasteiger partial charge in [0.1, 0.15) is 0 Å². The summed E-state index contributed by atoms with van der Waals surface area (Å²) in [4.78, 5) is 14.2. The summed E-state index contributed by atoms with van der Waals surface area (Å²) >= 11 is 1.33. The molecular formula is C19H29N5OS. The second kappa shape index (κ2) is 8.12. The molecule has 0 spiro atoms. The molecule has 0 aliphatic rings. The van der Waals surface area contributed by atoms with E-state index in [1.807, 2.05) is 32.9 Å². The predicted octanol–water partition coefficient (Wildman–Crippen LogP) is 3.31. The fourth-order valence-corrected chi connectivity index (χ4v) is 3.53.